The lowest BCUT2D eigenvalue weighted by atomic mass is 10.2. The fourth-order valence-electron chi connectivity index (χ4n) is 2.03. The number of nitrogens with two attached hydrogens (primary N) is 1. The molecule has 0 aromatic rings. The molecule has 4 N–H and O–H groups in total. The van der Waals surface area contributed by atoms with Gasteiger partial charge in [-0.15, -0.1) is 0 Å². The zero-order valence-electron chi connectivity index (χ0n) is 11.5. The summed E-state index contributed by atoms with van der Waals surface area (Å²) in [6.07, 6.45) is 1.40. The molecule has 20 heavy (non-hydrogen) atoms. The van der Waals surface area contributed by atoms with Crippen molar-refractivity contribution in [1.82, 2.24) is 10.2 Å². The number of likely N-dealkylation sites (N-methyl/N-ethyl adjacent to an activating group) is 1. The van der Waals surface area contributed by atoms with Gasteiger partial charge in [0.05, 0.1) is 12.5 Å². The van der Waals surface area contributed by atoms with Gasteiger partial charge in [-0.3, -0.25) is 4.79 Å². The lowest BCUT2D eigenvalue weighted by Crippen LogP contribution is -2.50. The first-order chi connectivity index (χ1) is 9.43. The molecule has 8 heteroatoms. The number of amides is 3. The molecular weight excluding hydrogens is 266 g/mol. The van der Waals surface area contributed by atoms with Crippen LogP contribution < -0.4 is 11.1 Å². The van der Waals surface area contributed by atoms with Crippen LogP contribution in [0.1, 0.15) is 26.2 Å². The van der Waals surface area contributed by atoms with Gasteiger partial charge in [-0.2, -0.15) is 0 Å². The SMILES string of the molecule is CCN(CC1CCCO1)C(=O)NC(CC(N)=O)C(=O)O. The van der Waals surface area contributed by atoms with E-state index < -0.39 is 30.4 Å². The third-order valence-corrected chi connectivity index (χ3v) is 3.12. The van der Waals surface area contributed by atoms with Gasteiger partial charge >= 0.3 is 12.0 Å². The summed E-state index contributed by atoms with van der Waals surface area (Å²) in [7, 11) is 0. The van der Waals surface area contributed by atoms with Crippen molar-refractivity contribution >= 4 is 17.9 Å². The number of rotatable bonds is 7. The number of nitrogens with zero attached hydrogens (tertiary/aromatic N) is 1. The number of ether oxygens (including phenoxy) is 1. The molecule has 8 nitrogen and oxygen atoms in total. The van der Waals surface area contributed by atoms with Crippen LogP contribution in [-0.2, 0) is 14.3 Å². The summed E-state index contributed by atoms with van der Waals surface area (Å²) in [5.74, 6) is -2.06. The number of carboxylic acid groups (broad SMARTS) is 1. The summed E-state index contributed by atoms with van der Waals surface area (Å²) in [6.45, 7) is 3.31. The molecule has 114 valence electrons. The molecular formula is C12H21N3O5. The van der Waals surface area contributed by atoms with E-state index in [1.165, 1.54) is 4.90 Å². The third-order valence-electron chi connectivity index (χ3n) is 3.12. The molecule has 2 atom stereocenters. The summed E-state index contributed by atoms with van der Waals surface area (Å²) >= 11 is 0. The number of hydrogen-bond donors (Lipinski definition) is 3. The average molecular weight is 287 g/mol. The summed E-state index contributed by atoms with van der Waals surface area (Å²) in [5, 5.41) is 11.2. The number of carboxylic acids is 1. The quantitative estimate of drug-likeness (QED) is 0.584. The van der Waals surface area contributed by atoms with Crippen LogP contribution in [-0.4, -0.2) is 59.8 Å². The van der Waals surface area contributed by atoms with E-state index in [-0.39, 0.29) is 6.10 Å². The number of carbonyl (C=O) groups excluding carboxylic acids is 2. The second kappa shape index (κ2) is 7.68. The van der Waals surface area contributed by atoms with Gasteiger partial charge in [0, 0.05) is 19.7 Å². The molecule has 0 radical (unpaired) electrons. The van der Waals surface area contributed by atoms with Crippen molar-refractivity contribution in [3.63, 3.8) is 0 Å². The van der Waals surface area contributed by atoms with E-state index in [0.717, 1.165) is 12.8 Å². The van der Waals surface area contributed by atoms with Gasteiger partial charge in [-0.25, -0.2) is 9.59 Å². The van der Waals surface area contributed by atoms with E-state index in [2.05, 4.69) is 5.32 Å². The highest BCUT2D eigenvalue weighted by atomic mass is 16.5. The minimum Gasteiger partial charge on any atom is -0.480 e. The molecule has 0 saturated carbocycles. The molecule has 0 bridgehead atoms. The predicted octanol–water partition coefficient (Wildman–Crippen LogP) is -0.474. The second-order valence-electron chi connectivity index (χ2n) is 4.68. The minimum atomic E-state index is -1.31. The topological polar surface area (TPSA) is 122 Å². The van der Waals surface area contributed by atoms with Crippen LogP contribution in [0.5, 0.6) is 0 Å². The Kier molecular flexibility index (Phi) is 6.23. The Morgan fingerprint density at radius 2 is 2.20 bits per heavy atom. The van der Waals surface area contributed by atoms with Gasteiger partial charge in [0.2, 0.25) is 5.91 Å². The van der Waals surface area contributed by atoms with Crippen molar-refractivity contribution in [2.75, 3.05) is 19.7 Å². The summed E-state index contributed by atoms with van der Waals surface area (Å²) in [5.41, 5.74) is 4.96. The molecule has 1 saturated heterocycles. The number of carbonyl (C=O) groups is 3. The third kappa shape index (κ3) is 5.04. The normalized spacial score (nSPS) is 19.4. The van der Waals surface area contributed by atoms with Crippen LogP contribution in [0.2, 0.25) is 0 Å². The number of urea groups is 1. The number of aliphatic carboxylic acids is 1. The Bertz CT molecular complexity index is 368. The zero-order valence-corrected chi connectivity index (χ0v) is 11.5. The maximum absolute atomic E-state index is 12.0. The maximum atomic E-state index is 12.0. The van der Waals surface area contributed by atoms with E-state index in [1.807, 2.05) is 0 Å². The summed E-state index contributed by atoms with van der Waals surface area (Å²) < 4.78 is 5.44. The van der Waals surface area contributed by atoms with Crippen molar-refractivity contribution in [2.24, 2.45) is 5.73 Å². The molecule has 1 rings (SSSR count). The molecule has 2 unspecified atom stereocenters. The maximum Gasteiger partial charge on any atom is 0.326 e. The molecule has 3 amide bonds. The second-order valence-corrected chi connectivity index (χ2v) is 4.68. The number of primary amides is 1. The Balaban J connectivity index is 2.55. The highest BCUT2D eigenvalue weighted by Gasteiger charge is 2.26. The van der Waals surface area contributed by atoms with Gasteiger partial charge in [0.15, 0.2) is 0 Å². The molecule has 0 aliphatic carbocycles. The lowest BCUT2D eigenvalue weighted by Gasteiger charge is -2.25. The van der Waals surface area contributed by atoms with E-state index in [0.29, 0.717) is 19.7 Å². The molecule has 1 aliphatic rings. The summed E-state index contributed by atoms with van der Waals surface area (Å²) in [4.78, 5) is 35.2. The van der Waals surface area contributed by atoms with Crippen LogP contribution in [0.25, 0.3) is 0 Å². The van der Waals surface area contributed by atoms with Gasteiger partial charge in [-0.1, -0.05) is 0 Å². The first-order valence-corrected chi connectivity index (χ1v) is 6.62. The van der Waals surface area contributed by atoms with E-state index in [9.17, 15) is 14.4 Å². The van der Waals surface area contributed by atoms with Gasteiger partial charge < -0.3 is 25.8 Å². The lowest BCUT2D eigenvalue weighted by molar-refractivity contribution is -0.141. The average Bonchev–Trinajstić information content (AvgIpc) is 2.87. The van der Waals surface area contributed by atoms with Crippen molar-refractivity contribution in [3.8, 4) is 0 Å². The van der Waals surface area contributed by atoms with Crippen LogP contribution in [0.3, 0.4) is 0 Å². The van der Waals surface area contributed by atoms with Crippen LogP contribution >= 0.6 is 0 Å². The summed E-state index contributed by atoms with van der Waals surface area (Å²) in [6, 6.07) is -1.84. The highest BCUT2D eigenvalue weighted by molar-refractivity contribution is 5.87. The first kappa shape index (κ1) is 16.2. The van der Waals surface area contributed by atoms with Gasteiger partial charge in [0.25, 0.3) is 0 Å². The van der Waals surface area contributed by atoms with Gasteiger partial charge in [-0.05, 0) is 19.8 Å². The standard InChI is InChI=1S/C12H21N3O5/c1-2-15(7-8-4-3-5-20-8)12(19)14-9(11(17)18)6-10(13)16/h8-9H,2-7H2,1H3,(H2,13,16)(H,14,19)(H,17,18). The molecule has 0 aromatic heterocycles. The molecule has 0 spiro atoms. The van der Waals surface area contributed by atoms with Crippen molar-refractivity contribution in [2.45, 2.75) is 38.3 Å². The van der Waals surface area contributed by atoms with Crippen molar-refractivity contribution in [3.05, 3.63) is 0 Å². The Morgan fingerprint density at radius 1 is 1.50 bits per heavy atom. The largest absolute Gasteiger partial charge is 0.480 e. The predicted molar refractivity (Wildman–Crippen MR) is 70.0 cm³/mol. The van der Waals surface area contributed by atoms with Crippen LogP contribution in [0, 0.1) is 0 Å². The zero-order chi connectivity index (χ0) is 15.1. The van der Waals surface area contributed by atoms with E-state index >= 15 is 0 Å². The van der Waals surface area contributed by atoms with Crippen molar-refractivity contribution < 1.29 is 24.2 Å². The molecule has 0 aromatic carbocycles. The Morgan fingerprint density at radius 3 is 2.65 bits per heavy atom. The smallest absolute Gasteiger partial charge is 0.326 e. The first-order valence-electron chi connectivity index (χ1n) is 6.62. The monoisotopic (exact) mass is 287 g/mol. The minimum absolute atomic E-state index is 0.0138. The van der Waals surface area contributed by atoms with Gasteiger partial charge in [0.1, 0.15) is 6.04 Å². The Hall–Kier alpha value is -1.83. The fourth-order valence-corrected chi connectivity index (χ4v) is 2.03. The Labute approximate surface area is 117 Å². The number of nitrogens with one attached hydrogen (secondary N) is 1. The number of hydrogen-bond acceptors (Lipinski definition) is 4. The van der Waals surface area contributed by atoms with E-state index in [4.69, 9.17) is 15.6 Å². The molecule has 1 aliphatic heterocycles. The highest BCUT2D eigenvalue weighted by Crippen LogP contribution is 2.13. The van der Waals surface area contributed by atoms with Crippen LogP contribution in [0.4, 0.5) is 4.79 Å². The molecule has 1 heterocycles. The molecule has 1 fully saturated rings. The van der Waals surface area contributed by atoms with Crippen molar-refractivity contribution in [1.29, 1.82) is 0 Å². The fraction of sp³-hybridized carbons (Fsp3) is 0.750. The van der Waals surface area contributed by atoms with E-state index in [1.54, 1.807) is 6.92 Å². The van der Waals surface area contributed by atoms with Crippen LogP contribution in [0.15, 0.2) is 0 Å².